The van der Waals surface area contributed by atoms with E-state index in [1.54, 1.807) is 6.07 Å². The normalized spacial score (nSPS) is 12.2. The molecule has 0 aliphatic carbocycles. The van der Waals surface area contributed by atoms with Crippen LogP contribution in [0.1, 0.15) is 12.5 Å². The van der Waals surface area contributed by atoms with E-state index in [0.717, 1.165) is 10.9 Å². The van der Waals surface area contributed by atoms with Gasteiger partial charge in [0.2, 0.25) is 0 Å². The van der Waals surface area contributed by atoms with Crippen molar-refractivity contribution < 1.29 is 9.13 Å². The lowest BCUT2D eigenvalue weighted by Gasteiger charge is -2.12. The summed E-state index contributed by atoms with van der Waals surface area (Å²) in [5.41, 5.74) is 1.18. The van der Waals surface area contributed by atoms with Crippen molar-refractivity contribution in [3.63, 3.8) is 0 Å². The van der Waals surface area contributed by atoms with E-state index in [1.165, 1.54) is 17.7 Å². The van der Waals surface area contributed by atoms with Crippen molar-refractivity contribution >= 4 is 15.9 Å². The average molecular weight is 338 g/mol. The van der Waals surface area contributed by atoms with Crippen LogP contribution in [0.25, 0.3) is 0 Å². The van der Waals surface area contributed by atoms with Gasteiger partial charge in [-0.3, -0.25) is 0 Å². The van der Waals surface area contributed by atoms with Crippen LogP contribution in [0.15, 0.2) is 46.9 Å². The topological polar surface area (TPSA) is 21.3 Å². The zero-order valence-corrected chi connectivity index (χ0v) is 13.1. The van der Waals surface area contributed by atoms with E-state index in [1.807, 2.05) is 25.2 Å². The minimum atomic E-state index is -0.317. The molecule has 0 aromatic heterocycles. The van der Waals surface area contributed by atoms with Gasteiger partial charge in [-0.2, -0.15) is 0 Å². The van der Waals surface area contributed by atoms with Gasteiger partial charge in [0.05, 0.1) is 4.47 Å². The average Bonchev–Trinajstić information content (AvgIpc) is 2.43. The Morgan fingerprint density at radius 2 is 2.05 bits per heavy atom. The summed E-state index contributed by atoms with van der Waals surface area (Å²) in [5.74, 6) is 0.865. The zero-order valence-electron chi connectivity index (χ0n) is 11.5. The second-order valence-electron chi connectivity index (χ2n) is 4.72. The first-order valence-electron chi connectivity index (χ1n) is 6.47. The highest BCUT2D eigenvalue weighted by molar-refractivity contribution is 9.10. The van der Waals surface area contributed by atoms with E-state index in [0.29, 0.717) is 17.5 Å². The Bertz CT molecular complexity index is 588. The Labute approximate surface area is 127 Å². The molecule has 2 aromatic carbocycles. The molecule has 0 heterocycles. The van der Waals surface area contributed by atoms with Gasteiger partial charge in [-0.15, -0.1) is 0 Å². The SMILES string of the molecule is CNC(C)Cc1cccc(Oc2cc(F)ccc2Br)c1. The number of rotatable bonds is 5. The predicted octanol–water partition coefficient (Wildman–Crippen LogP) is 4.53. The first-order valence-corrected chi connectivity index (χ1v) is 7.27. The van der Waals surface area contributed by atoms with Crippen LogP contribution in [-0.4, -0.2) is 13.1 Å². The van der Waals surface area contributed by atoms with Gasteiger partial charge in [-0.05, 0) is 66.2 Å². The summed E-state index contributed by atoms with van der Waals surface area (Å²) >= 11 is 3.36. The number of ether oxygens (including phenoxy) is 1. The monoisotopic (exact) mass is 337 g/mol. The van der Waals surface area contributed by atoms with E-state index >= 15 is 0 Å². The molecule has 4 heteroatoms. The van der Waals surface area contributed by atoms with Crippen molar-refractivity contribution in [2.24, 2.45) is 0 Å². The predicted molar refractivity (Wildman–Crippen MR) is 82.8 cm³/mol. The summed E-state index contributed by atoms with van der Waals surface area (Å²) in [6, 6.07) is 12.6. The molecule has 0 fully saturated rings. The van der Waals surface area contributed by atoms with Gasteiger partial charge in [-0.1, -0.05) is 12.1 Å². The van der Waals surface area contributed by atoms with Crippen LogP contribution in [-0.2, 0) is 6.42 Å². The van der Waals surface area contributed by atoms with Crippen molar-refractivity contribution in [3.05, 3.63) is 58.3 Å². The summed E-state index contributed by atoms with van der Waals surface area (Å²) in [5, 5.41) is 3.20. The van der Waals surface area contributed by atoms with Gasteiger partial charge in [-0.25, -0.2) is 4.39 Å². The smallest absolute Gasteiger partial charge is 0.144 e. The number of hydrogen-bond donors (Lipinski definition) is 1. The fourth-order valence-electron chi connectivity index (χ4n) is 1.87. The minimum Gasteiger partial charge on any atom is -0.456 e. The van der Waals surface area contributed by atoms with Crippen LogP contribution >= 0.6 is 15.9 Å². The molecule has 2 nitrogen and oxygen atoms in total. The van der Waals surface area contributed by atoms with Gasteiger partial charge in [0, 0.05) is 12.1 Å². The fourth-order valence-corrected chi connectivity index (χ4v) is 2.20. The molecular formula is C16H17BrFNO. The molecule has 2 rings (SSSR count). The zero-order chi connectivity index (χ0) is 14.5. The molecule has 0 aliphatic heterocycles. The Balaban J connectivity index is 2.17. The van der Waals surface area contributed by atoms with Crippen molar-refractivity contribution in [1.82, 2.24) is 5.32 Å². The maximum Gasteiger partial charge on any atom is 0.144 e. The molecule has 0 spiro atoms. The maximum atomic E-state index is 13.2. The molecule has 0 saturated heterocycles. The van der Waals surface area contributed by atoms with Gasteiger partial charge in [0.1, 0.15) is 17.3 Å². The third-order valence-electron chi connectivity index (χ3n) is 3.05. The first-order chi connectivity index (χ1) is 9.58. The Kier molecular flexibility index (Phi) is 5.15. The molecule has 1 unspecified atom stereocenters. The quantitative estimate of drug-likeness (QED) is 0.865. The Morgan fingerprint density at radius 3 is 2.80 bits per heavy atom. The Hall–Kier alpha value is -1.39. The molecule has 106 valence electrons. The van der Waals surface area contributed by atoms with E-state index in [2.05, 4.69) is 34.2 Å². The second-order valence-corrected chi connectivity index (χ2v) is 5.57. The molecule has 0 aliphatic rings. The number of halogens is 2. The lowest BCUT2D eigenvalue weighted by atomic mass is 10.1. The highest BCUT2D eigenvalue weighted by Crippen LogP contribution is 2.30. The highest BCUT2D eigenvalue weighted by atomic mass is 79.9. The lowest BCUT2D eigenvalue weighted by Crippen LogP contribution is -2.23. The van der Waals surface area contributed by atoms with E-state index in [9.17, 15) is 4.39 Å². The summed E-state index contributed by atoms with van der Waals surface area (Å²) in [4.78, 5) is 0. The first kappa shape index (κ1) is 15.0. The van der Waals surface area contributed by atoms with Gasteiger partial charge >= 0.3 is 0 Å². The van der Waals surface area contributed by atoms with E-state index < -0.39 is 0 Å². The molecule has 2 aromatic rings. The maximum absolute atomic E-state index is 13.2. The summed E-state index contributed by atoms with van der Waals surface area (Å²) in [6.45, 7) is 2.12. The van der Waals surface area contributed by atoms with Crippen LogP contribution in [0.3, 0.4) is 0 Å². The molecule has 0 saturated carbocycles. The summed E-state index contributed by atoms with van der Waals surface area (Å²) < 4.78 is 19.7. The van der Waals surface area contributed by atoms with Crippen molar-refractivity contribution in [2.75, 3.05) is 7.05 Å². The third-order valence-corrected chi connectivity index (χ3v) is 3.71. The van der Waals surface area contributed by atoms with Crippen LogP contribution in [0.2, 0.25) is 0 Å². The van der Waals surface area contributed by atoms with Crippen molar-refractivity contribution in [3.8, 4) is 11.5 Å². The fraction of sp³-hybridized carbons (Fsp3) is 0.250. The van der Waals surface area contributed by atoms with Crippen LogP contribution in [0.4, 0.5) is 4.39 Å². The van der Waals surface area contributed by atoms with Gasteiger partial charge in [0.15, 0.2) is 0 Å². The number of likely N-dealkylation sites (N-methyl/N-ethyl adjacent to an activating group) is 1. The number of benzene rings is 2. The number of nitrogens with one attached hydrogen (secondary N) is 1. The molecule has 0 amide bonds. The third kappa shape index (κ3) is 4.05. The molecule has 0 radical (unpaired) electrons. The minimum absolute atomic E-state index is 0.317. The molecule has 20 heavy (non-hydrogen) atoms. The van der Waals surface area contributed by atoms with Crippen LogP contribution in [0.5, 0.6) is 11.5 Å². The molecule has 1 N–H and O–H groups in total. The van der Waals surface area contributed by atoms with E-state index in [4.69, 9.17) is 4.74 Å². The summed E-state index contributed by atoms with van der Waals surface area (Å²) in [7, 11) is 1.94. The van der Waals surface area contributed by atoms with Crippen molar-refractivity contribution in [1.29, 1.82) is 0 Å². The second kappa shape index (κ2) is 6.86. The van der Waals surface area contributed by atoms with Gasteiger partial charge in [0.25, 0.3) is 0 Å². The molecule has 1 atom stereocenters. The van der Waals surface area contributed by atoms with Crippen LogP contribution in [0, 0.1) is 5.82 Å². The molecule has 0 bridgehead atoms. The number of hydrogen-bond acceptors (Lipinski definition) is 2. The largest absolute Gasteiger partial charge is 0.456 e. The molecular weight excluding hydrogens is 321 g/mol. The van der Waals surface area contributed by atoms with E-state index in [-0.39, 0.29) is 5.82 Å². The standard InChI is InChI=1S/C16H17BrFNO/c1-11(19-2)8-12-4-3-5-14(9-12)20-16-10-13(18)6-7-15(16)17/h3-7,9-11,19H,8H2,1-2H3. The van der Waals surface area contributed by atoms with Crippen LogP contribution < -0.4 is 10.1 Å². The lowest BCUT2D eigenvalue weighted by molar-refractivity contribution is 0.472. The summed E-state index contributed by atoms with van der Waals surface area (Å²) in [6.07, 6.45) is 0.915. The highest BCUT2D eigenvalue weighted by Gasteiger charge is 2.06. The van der Waals surface area contributed by atoms with Crippen molar-refractivity contribution in [2.45, 2.75) is 19.4 Å². The van der Waals surface area contributed by atoms with Gasteiger partial charge < -0.3 is 10.1 Å². The Morgan fingerprint density at radius 1 is 1.25 bits per heavy atom.